The number of halogens is 1. The fourth-order valence-electron chi connectivity index (χ4n) is 2.95. The summed E-state index contributed by atoms with van der Waals surface area (Å²) in [4.78, 5) is 0. The summed E-state index contributed by atoms with van der Waals surface area (Å²) in [7, 11) is 0. The lowest BCUT2D eigenvalue weighted by Crippen LogP contribution is -2.43. The highest BCUT2D eigenvalue weighted by molar-refractivity contribution is 6.30. The minimum Gasteiger partial charge on any atom is -0.491 e. The summed E-state index contributed by atoms with van der Waals surface area (Å²) in [5.74, 6) is 1.32. The summed E-state index contributed by atoms with van der Waals surface area (Å²) < 4.78 is 9.66. The lowest BCUT2D eigenvalue weighted by atomic mass is 10.3. The standard InChI is InChI=1S/C19H22ClN3O2/c1-2-11-22-17-5-3-4-6-18(17)23(19(22)21)12-15(24)13-25-16-9-7-14(20)8-10-16/h3-10,15,21,24H,2,11-13H2,1H3/p+1/t15-/m0/s1. The van der Waals surface area contributed by atoms with Crippen molar-refractivity contribution < 1.29 is 14.4 Å². The number of fused-ring (bicyclic) bond motifs is 1. The van der Waals surface area contributed by atoms with Crippen molar-refractivity contribution in [2.45, 2.75) is 32.5 Å². The highest BCUT2D eigenvalue weighted by atomic mass is 35.5. The topological polar surface area (TPSA) is 64.3 Å². The molecule has 0 saturated carbocycles. The number of ether oxygens (including phenoxy) is 1. The van der Waals surface area contributed by atoms with E-state index in [-0.39, 0.29) is 6.61 Å². The van der Waals surface area contributed by atoms with E-state index in [1.54, 1.807) is 24.3 Å². The maximum atomic E-state index is 10.4. The first kappa shape index (κ1) is 17.6. The van der Waals surface area contributed by atoms with Gasteiger partial charge in [0, 0.05) is 5.02 Å². The van der Waals surface area contributed by atoms with E-state index < -0.39 is 6.10 Å². The van der Waals surface area contributed by atoms with Crippen LogP contribution in [0.25, 0.3) is 11.0 Å². The second-order valence-electron chi connectivity index (χ2n) is 6.03. The van der Waals surface area contributed by atoms with Crippen LogP contribution in [0.1, 0.15) is 13.3 Å². The normalized spacial score (nSPS) is 12.4. The van der Waals surface area contributed by atoms with Gasteiger partial charge in [0.05, 0.1) is 6.54 Å². The molecule has 0 radical (unpaired) electrons. The molecule has 3 rings (SSSR count). The number of aliphatic hydroxyl groups is 1. The number of nitrogens with zero attached hydrogens (tertiary/aromatic N) is 2. The number of nitrogens with two attached hydrogens (primary N) is 1. The van der Waals surface area contributed by atoms with E-state index in [0.29, 0.717) is 23.3 Å². The lowest BCUT2D eigenvalue weighted by Gasteiger charge is -2.12. The average Bonchev–Trinajstić information content (AvgIpc) is 2.88. The van der Waals surface area contributed by atoms with Crippen LogP contribution in [0.15, 0.2) is 48.5 Å². The highest BCUT2D eigenvalue weighted by Crippen LogP contribution is 2.18. The first-order valence-corrected chi connectivity index (χ1v) is 8.81. The van der Waals surface area contributed by atoms with Crippen molar-refractivity contribution >= 4 is 28.6 Å². The van der Waals surface area contributed by atoms with Gasteiger partial charge in [-0.2, -0.15) is 0 Å². The Hall–Kier alpha value is -2.24. The van der Waals surface area contributed by atoms with Crippen molar-refractivity contribution in [1.29, 1.82) is 0 Å². The number of aliphatic hydroxyl groups excluding tert-OH is 1. The zero-order chi connectivity index (χ0) is 17.8. The molecule has 6 heteroatoms. The van der Waals surface area contributed by atoms with Crippen LogP contribution in [0.5, 0.6) is 5.75 Å². The molecule has 25 heavy (non-hydrogen) atoms. The van der Waals surface area contributed by atoms with Gasteiger partial charge in [-0.15, -0.1) is 0 Å². The molecule has 0 aliphatic carbocycles. The van der Waals surface area contributed by atoms with Gasteiger partial charge in [0.2, 0.25) is 0 Å². The monoisotopic (exact) mass is 360 g/mol. The van der Waals surface area contributed by atoms with E-state index in [9.17, 15) is 5.11 Å². The van der Waals surface area contributed by atoms with Crippen LogP contribution < -0.4 is 15.0 Å². The molecule has 0 aliphatic rings. The smallest absolute Gasteiger partial charge is 0.356 e. The largest absolute Gasteiger partial charge is 0.491 e. The highest BCUT2D eigenvalue weighted by Gasteiger charge is 2.22. The molecule has 1 heterocycles. The minimum absolute atomic E-state index is 0.182. The third-order valence-electron chi connectivity index (χ3n) is 4.11. The van der Waals surface area contributed by atoms with E-state index in [0.717, 1.165) is 24.0 Å². The fourth-order valence-corrected chi connectivity index (χ4v) is 3.08. The predicted molar refractivity (Wildman–Crippen MR) is 99.8 cm³/mol. The van der Waals surface area contributed by atoms with E-state index in [1.165, 1.54) is 0 Å². The number of anilines is 1. The summed E-state index contributed by atoms with van der Waals surface area (Å²) in [6.45, 7) is 3.52. The van der Waals surface area contributed by atoms with Crippen molar-refractivity contribution in [2.24, 2.45) is 0 Å². The van der Waals surface area contributed by atoms with Gasteiger partial charge in [0.25, 0.3) is 0 Å². The molecule has 3 aromatic rings. The van der Waals surface area contributed by atoms with Crippen LogP contribution >= 0.6 is 11.6 Å². The van der Waals surface area contributed by atoms with E-state index >= 15 is 0 Å². The maximum Gasteiger partial charge on any atom is 0.356 e. The zero-order valence-electron chi connectivity index (χ0n) is 14.2. The molecule has 0 bridgehead atoms. The predicted octanol–water partition coefficient (Wildman–Crippen LogP) is 3.01. The van der Waals surface area contributed by atoms with Crippen LogP contribution in [0.4, 0.5) is 5.95 Å². The molecule has 0 aliphatic heterocycles. The maximum absolute atomic E-state index is 10.4. The van der Waals surface area contributed by atoms with Crippen molar-refractivity contribution in [1.82, 2.24) is 4.57 Å². The van der Waals surface area contributed by atoms with Crippen molar-refractivity contribution in [3.8, 4) is 5.75 Å². The first-order chi connectivity index (χ1) is 12.1. The summed E-state index contributed by atoms with van der Waals surface area (Å²) in [6.07, 6.45) is 0.314. The lowest BCUT2D eigenvalue weighted by molar-refractivity contribution is -0.665. The summed E-state index contributed by atoms with van der Waals surface area (Å²) >= 11 is 5.86. The van der Waals surface area contributed by atoms with Gasteiger partial charge in [0.1, 0.15) is 36.0 Å². The Labute approximate surface area is 152 Å². The molecule has 0 saturated heterocycles. The third kappa shape index (κ3) is 3.89. The third-order valence-corrected chi connectivity index (χ3v) is 4.36. The van der Waals surface area contributed by atoms with Crippen molar-refractivity contribution in [3.63, 3.8) is 0 Å². The van der Waals surface area contributed by atoms with Gasteiger partial charge in [-0.05, 0) is 42.8 Å². The van der Waals surface area contributed by atoms with E-state index in [1.807, 2.05) is 22.8 Å². The molecule has 3 N–H and O–H groups in total. The van der Waals surface area contributed by atoms with Crippen LogP contribution in [-0.4, -0.2) is 22.4 Å². The molecule has 5 nitrogen and oxygen atoms in total. The van der Waals surface area contributed by atoms with E-state index in [2.05, 4.69) is 17.6 Å². The van der Waals surface area contributed by atoms with Gasteiger partial charge in [-0.25, -0.2) is 9.13 Å². The van der Waals surface area contributed by atoms with E-state index in [4.69, 9.17) is 22.1 Å². The van der Waals surface area contributed by atoms with Crippen LogP contribution in [0.2, 0.25) is 5.02 Å². The molecule has 0 fully saturated rings. The molecule has 1 atom stereocenters. The number of hydrogen-bond donors (Lipinski definition) is 2. The molecular formula is C19H23ClN3O2+. The Morgan fingerprint density at radius 2 is 1.92 bits per heavy atom. The zero-order valence-corrected chi connectivity index (χ0v) is 15.0. The fraction of sp³-hybridized carbons (Fsp3) is 0.316. The Kier molecular flexibility index (Phi) is 5.46. The van der Waals surface area contributed by atoms with Crippen molar-refractivity contribution in [2.75, 3.05) is 12.3 Å². The van der Waals surface area contributed by atoms with Gasteiger partial charge >= 0.3 is 5.95 Å². The number of benzene rings is 2. The van der Waals surface area contributed by atoms with Gasteiger partial charge in [0.15, 0.2) is 0 Å². The average molecular weight is 361 g/mol. The van der Waals surface area contributed by atoms with Crippen LogP contribution in [0.3, 0.4) is 0 Å². The number of imidazole rings is 1. The Bertz CT molecular complexity index is 846. The van der Waals surface area contributed by atoms with Crippen LogP contribution in [-0.2, 0) is 13.1 Å². The number of nitrogen functional groups attached to an aromatic ring is 1. The van der Waals surface area contributed by atoms with Gasteiger partial charge < -0.3 is 9.84 Å². The number of hydrogen-bond acceptors (Lipinski definition) is 3. The molecular weight excluding hydrogens is 338 g/mol. The quantitative estimate of drug-likeness (QED) is 0.636. The molecule has 0 unspecified atom stereocenters. The summed E-state index contributed by atoms with van der Waals surface area (Å²) in [6, 6.07) is 15.1. The summed E-state index contributed by atoms with van der Waals surface area (Å²) in [5, 5.41) is 11.1. The Morgan fingerprint density at radius 3 is 2.64 bits per heavy atom. The first-order valence-electron chi connectivity index (χ1n) is 8.43. The summed E-state index contributed by atoms with van der Waals surface area (Å²) in [5.41, 5.74) is 8.42. The number of rotatable bonds is 7. The van der Waals surface area contributed by atoms with Crippen LogP contribution in [0, 0.1) is 0 Å². The second-order valence-corrected chi connectivity index (χ2v) is 6.46. The Balaban J connectivity index is 1.75. The number of aromatic nitrogens is 2. The Morgan fingerprint density at radius 1 is 1.20 bits per heavy atom. The van der Waals surface area contributed by atoms with Crippen molar-refractivity contribution in [3.05, 3.63) is 53.6 Å². The molecule has 1 aromatic heterocycles. The molecule has 2 aromatic carbocycles. The number of aryl methyl sites for hydroxylation is 1. The number of para-hydroxylation sites is 2. The van der Waals surface area contributed by atoms with Gasteiger partial charge in [-0.1, -0.05) is 30.7 Å². The molecule has 0 amide bonds. The second kappa shape index (κ2) is 7.76. The molecule has 132 valence electrons. The van der Waals surface area contributed by atoms with Gasteiger partial charge in [-0.3, -0.25) is 5.73 Å². The minimum atomic E-state index is -0.677. The molecule has 0 spiro atoms. The SMILES string of the molecule is CCCn1c(N)[n+](C[C@H](O)COc2ccc(Cl)cc2)c2ccccc21.